The lowest BCUT2D eigenvalue weighted by molar-refractivity contribution is 0.202. The Morgan fingerprint density at radius 3 is 2.38 bits per heavy atom. The average Bonchev–Trinajstić information content (AvgIpc) is 3.69. The maximum atomic E-state index is 4.95. The van der Waals surface area contributed by atoms with Crippen molar-refractivity contribution in [2.45, 2.75) is 25.4 Å². The molecule has 7 rings (SSSR count). The second-order valence-electron chi connectivity index (χ2n) is 10.1. The molecule has 194 valence electrons. The van der Waals surface area contributed by atoms with Gasteiger partial charge in [0, 0.05) is 43.0 Å². The van der Waals surface area contributed by atoms with Gasteiger partial charge in [-0.1, -0.05) is 66.7 Å². The monoisotopic (exact) mass is 531 g/mol. The van der Waals surface area contributed by atoms with Crippen LogP contribution in [0.3, 0.4) is 0 Å². The average molecular weight is 532 g/mol. The Morgan fingerprint density at radius 1 is 0.821 bits per heavy atom. The van der Waals surface area contributed by atoms with Crippen LogP contribution in [0.5, 0.6) is 0 Å². The van der Waals surface area contributed by atoms with E-state index < -0.39 is 0 Å². The maximum absolute atomic E-state index is 4.95. The van der Waals surface area contributed by atoms with Crippen LogP contribution in [0.15, 0.2) is 90.6 Å². The SMILES string of the molecule is c1ccc(-c2nnc(-c3cncs3)nc2-c2ccc(CN3CCC(N4CNc5ccccc54)CC3)cc2)cc1. The van der Waals surface area contributed by atoms with Crippen molar-refractivity contribution in [2.75, 3.05) is 30.0 Å². The highest BCUT2D eigenvalue weighted by Gasteiger charge is 2.29. The summed E-state index contributed by atoms with van der Waals surface area (Å²) in [4.78, 5) is 15.2. The van der Waals surface area contributed by atoms with Crippen molar-refractivity contribution >= 4 is 22.7 Å². The number of nitrogens with zero attached hydrogens (tertiary/aromatic N) is 6. The summed E-state index contributed by atoms with van der Waals surface area (Å²) in [6.45, 7) is 4.09. The molecule has 1 saturated heterocycles. The largest absolute Gasteiger partial charge is 0.366 e. The first kappa shape index (κ1) is 23.9. The molecule has 39 heavy (non-hydrogen) atoms. The highest BCUT2D eigenvalue weighted by atomic mass is 32.1. The van der Waals surface area contributed by atoms with Gasteiger partial charge >= 0.3 is 0 Å². The molecular weight excluding hydrogens is 502 g/mol. The molecular formula is C31H29N7S. The Bertz CT molecular complexity index is 1550. The molecule has 0 spiro atoms. The summed E-state index contributed by atoms with van der Waals surface area (Å²) in [6, 6.07) is 28.2. The highest BCUT2D eigenvalue weighted by Crippen LogP contribution is 2.35. The Labute approximate surface area is 232 Å². The van der Waals surface area contributed by atoms with Crippen LogP contribution in [0.1, 0.15) is 18.4 Å². The van der Waals surface area contributed by atoms with Gasteiger partial charge in [0.2, 0.25) is 0 Å². The van der Waals surface area contributed by atoms with Gasteiger partial charge in [0.15, 0.2) is 5.82 Å². The number of thiazole rings is 1. The standard InChI is InChI=1S/C31H29N7S/c1-2-6-23(7-3-1)30-29(34-31(36-35-30)28-18-32-21-39-28)24-12-10-22(11-13-24)19-37-16-14-25(15-17-37)38-20-33-26-8-4-5-9-27(26)38/h1-13,18,21,25,33H,14-17,19-20H2. The maximum Gasteiger partial charge on any atom is 0.194 e. The second-order valence-corrected chi connectivity index (χ2v) is 11.0. The van der Waals surface area contributed by atoms with Crippen LogP contribution in [-0.2, 0) is 6.54 Å². The molecule has 2 aliphatic rings. The predicted molar refractivity (Wildman–Crippen MR) is 158 cm³/mol. The van der Waals surface area contributed by atoms with Crippen LogP contribution in [0.4, 0.5) is 11.4 Å². The Kier molecular flexibility index (Phi) is 6.48. The molecule has 2 aromatic heterocycles. The van der Waals surface area contributed by atoms with Gasteiger partial charge in [-0.25, -0.2) is 4.98 Å². The van der Waals surface area contributed by atoms with E-state index in [2.05, 4.69) is 91.0 Å². The molecule has 7 nitrogen and oxygen atoms in total. The smallest absolute Gasteiger partial charge is 0.194 e. The van der Waals surface area contributed by atoms with Gasteiger partial charge in [0.05, 0.1) is 28.4 Å². The van der Waals surface area contributed by atoms with Crippen molar-refractivity contribution in [3.63, 3.8) is 0 Å². The van der Waals surface area contributed by atoms with Gasteiger partial charge in [0.25, 0.3) is 0 Å². The van der Waals surface area contributed by atoms with E-state index in [1.165, 1.54) is 41.1 Å². The summed E-state index contributed by atoms with van der Waals surface area (Å²) in [5, 5.41) is 12.6. The zero-order valence-electron chi connectivity index (χ0n) is 21.6. The summed E-state index contributed by atoms with van der Waals surface area (Å²) in [5.74, 6) is 0.606. The third-order valence-electron chi connectivity index (χ3n) is 7.67. The number of benzene rings is 3. The zero-order valence-corrected chi connectivity index (χ0v) is 22.4. The number of hydrogen-bond acceptors (Lipinski definition) is 8. The third-order valence-corrected chi connectivity index (χ3v) is 8.44. The number of nitrogens with one attached hydrogen (secondary N) is 1. The van der Waals surface area contributed by atoms with Crippen molar-refractivity contribution in [2.24, 2.45) is 0 Å². The number of anilines is 2. The van der Waals surface area contributed by atoms with Crippen molar-refractivity contribution in [3.8, 4) is 33.2 Å². The molecule has 0 aliphatic carbocycles. The summed E-state index contributed by atoms with van der Waals surface area (Å²) in [7, 11) is 0. The van der Waals surface area contributed by atoms with Crippen molar-refractivity contribution < 1.29 is 0 Å². The molecule has 3 aromatic carbocycles. The lowest BCUT2D eigenvalue weighted by Crippen LogP contribution is -2.44. The first-order valence-electron chi connectivity index (χ1n) is 13.4. The normalized spacial score (nSPS) is 15.7. The summed E-state index contributed by atoms with van der Waals surface area (Å²) in [6.07, 6.45) is 4.15. The van der Waals surface area contributed by atoms with Crippen LogP contribution in [0.25, 0.3) is 33.2 Å². The first-order chi connectivity index (χ1) is 19.3. The Morgan fingerprint density at radius 2 is 1.59 bits per heavy atom. The summed E-state index contributed by atoms with van der Waals surface area (Å²) < 4.78 is 0. The fourth-order valence-corrected chi connectivity index (χ4v) is 6.17. The fourth-order valence-electron chi connectivity index (χ4n) is 5.62. The molecule has 1 N–H and O–H groups in total. The minimum atomic E-state index is 0.592. The van der Waals surface area contributed by atoms with Crippen LogP contribution >= 0.6 is 11.3 Å². The molecule has 2 aliphatic heterocycles. The number of piperidine rings is 1. The van der Waals surface area contributed by atoms with Crippen LogP contribution in [0, 0.1) is 0 Å². The van der Waals surface area contributed by atoms with Gasteiger partial charge in [-0.15, -0.1) is 21.5 Å². The molecule has 8 heteroatoms. The van der Waals surface area contributed by atoms with Crippen molar-refractivity contribution in [1.82, 2.24) is 25.1 Å². The van der Waals surface area contributed by atoms with E-state index in [4.69, 9.17) is 4.98 Å². The molecule has 0 radical (unpaired) electrons. The van der Waals surface area contributed by atoms with E-state index in [0.29, 0.717) is 11.9 Å². The summed E-state index contributed by atoms with van der Waals surface area (Å²) >= 11 is 1.52. The molecule has 4 heterocycles. The predicted octanol–water partition coefficient (Wildman–Crippen LogP) is 6.18. The van der Waals surface area contributed by atoms with Crippen LogP contribution in [0.2, 0.25) is 0 Å². The molecule has 0 amide bonds. The van der Waals surface area contributed by atoms with Gasteiger partial charge in [-0.05, 0) is 30.5 Å². The second kappa shape index (κ2) is 10.6. The minimum absolute atomic E-state index is 0.592. The quantitative estimate of drug-likeness (QED) is 0.280. The van der Waals surface area contributed by atoms with E-state index in [0.717, 1.165) is 53.7 Å². The van der Waals surface area contributed by atoms with E-state index in [1.807, 2.05) is 18.2 Å². The van der Waals surface area contributed by atoms with Gasteiger partial charge in [0.1, 0.15) is 11.4 Å². The number of aromatic nitrogens is 4. The molecule has 0 atom stereocenters. The Hall–Kier alpha value is -4.14. The number of rotatable bonds is 6. The minimum Gasteiger partial charge on any atom is -0.366 e. The van der Waals surface area contributed by atoms with Crippen molar-refractivity contribution in [3.05, 3.63) is 96.1 Å². The lowest BCUT2D eigenvalue weighted by atomic mass is 10.0. The lowest BCUT2D eigenvalue weighted by Gasteiger charge is -2.37. The zero-order chi connectivity index (χ0) is 26.0. The molecule has 0 bridgehead atoms. The van der Waals surface area contributed by atoms with E-state index in [1.54, 1.807) is 11.7 Å². The van der Waals surface area contributed by atoms with E-state index >= 15 is 0 Å². The van der Waals surface area contributed by atoms with Gasteiger partial charge in [-0.3, -0.25) is 9.88 Å². The first-order valence-corrected chi connectivity index (χ1v) is 14.3. The van der Waals surface area contributed by atoms with Crippen molar-refractivity contribution in [1.29, 1.82) is 0 Å². The van der Waals surface area contributed by atoms with Gasteiger partial charge < -0.3 is 10.2 Å². The van der Waals surface area contributed by atoms with Crippen LogP contribution < -0.4 is 10.2 Å². The topological polar surface area (TPSA) is 70.1 Å². The molecule has 0 unspecified atom stereocenters. The molecule has 5 aromatic rings. The van der Waals surface area contributed by atoms with E-state index in [-0.39, 0.29) is 0 Å². The number of para-hydroxylation sites is 2. The highest BCUT2D eigenvalue weighted by molar-refractivity contribution is 7.13. The number of hydrogen-bond donors (Lipinski definition) is 1. The van der Waals surface area contributed by atoms with Crippen LogP contribution in [-0.4, -0.2) is 50.9 Å². The Balaban J connectivity index is 1.07. The number of likely N-dealkylation sites (tertiary alicyclic amines) is 1. The number of fused-ring (bicyclic) bond motifs is 1. The fraction of sp³-hybridized carbons (Fsp3) is 0.226. The molecule has 1 fully saturated rings. The summed E-state index contributed by atoms with van der Waals surface area (Å²) in [5.41, 5.74) is 9.39. The molecule has 0 saturated carbocycles. The van der Waals surface area contributed by atoms with E-state index in [9.17, 15) is 0 Å². The van der Waals surface area contributed by atoms with Gasteiger partial charge in [-0.2, -0.15) is 0 Å². The third kappa shape index (κ3) is 4.89.